The summed E-state index contributed by atoms with van der Waals surface area (Å²) in [6.45, 7) is 16.0. The summed E-state index contributed by atoms with van der Waals surface area (Å²) in [4.78, 5) is 12.0. The van der Waals surface area contributed by atoms with Gasteiger partial charge in [-0.1, -0.05) is 50.0 Å². The quantitative estimate of drug-likeness (QED) is 0.201. The zero-order chi connectivity index (χ0) is 19.5. The lowest BCUT2D eigenvalue weighted by Gasteiger charge is -2.16. The third kappa shape index (κ3) is 13.6. The van der Waals surface area contributed by atoms with Gasteiger partial charge in [-0.3, -0.25) is 4.79 Å². The average molecular weight is 364 g/mol. The molecule has 0 aliphatic heterocycles. The fourth-order valence-corrected chi connectivity index (χ4v) is 2.70. The van der Waals surface area contributed by atoms with Crippen LogP contribution in [0.4, 0.5) is 0 Å². The van der Waals surface area contributed by atoms with Crippen LogP contribution in [0.15, 0.2) is 50.6 Å². The van der Waals surface area contributed by atoms with Gasteiger partial charge in [-0.2, -0.15) is 0 Å². The summed E-state index contributed by atoms with van der Waals surface area (Å²) in [5.74, 6) is 0.442. The number of carbonyl (C=O) groups is 1. The predicted molar refractivity (Wildman–Crippen MR) is 110 cm³/mol. The molecule has 0 atom stereocenters. The minimum Gasteiger partial charge on any atom is -0.352 e. The number of hydrogen-bond acceptors (Lipinski definition) is 3. The summed E-state index contributed by atoms with van der Waals surface area (Å²) in [6, 6.07) is 0. The van der Waals surface area contributed by atoms with Gasteiger partial charge in [0, 0.05) is 6.54 Å². The Bertz CT molecular complexity index is 384. The highest BCUT2D eigenvalue weighted by Crippen LogP contribution is 2.18. The molecule has 0 aliphatic rings. The molecule has 1 amide bonds. The summed E-state index contributed by atoms with van der Waals surface area (Å²) >= 11 is 0. The van der Waals surface area contributed by atoms with E-state index in [0.717, 1.165) is 25.7 Å². The van der Waals surface area contributed by atoms with Gasteiger partial charge in [-0.25, -0.2) is 0 Å². The molecular formula is C22H37NO3. The van der Waals surface area contributed by atoms with E-state index < -0.39 is 6.29 Å². The van der Waals surface area contributed by atoms with Crippen molar-refractivity contribution in [2.75, 3.05) is 19.8 Å². The van der Waals surface area contributed by atoms with E-state index in [0.29, 0.717) is 12.5 Å². The fourth-order valence-electron chi connectivity index (χ4n) is 2.70. The Hall–Kier alpha value is -1.65. The van der Waals surface area contributed by atoms with Crippen molar-refractivity contribution in [3.63, 3.8) is 0 Å². The van der Waals surface area contributed by atoms with Gasteiger partial charge in [0.05, 0.1) is 13.2 Å². The van der Waals surface area contributed by atoms with Gasteiger partial charge >= 0.3 is 0 Å². The summed E-state index contributed by atoms with van der Waals surface area (Å²) in [6.07, 6.45) is 15.4. The number of hydrogen-bond donors (Lipinski definition) is 1. The molecule has 0 aromatic heterocycles. The van der Waals surface area contributed by atoms with Crippen molar-refractivity contribution in [2.45, 2.75) is 57.7 Å². The van der Waals surface area contributed by atoms with Crippen molar-refractivity contribution in [3.05, 3.63) is 50.6 Å². The number of carbonyl (C=O) groups excluding carboxylic acids is 1. The number of unbranched alkanes of at least 4 members (excludes halogenated alkanes) is 4. The highest BCUT2D eigenvalue weighted by atomic mass is 16.7. The van der Waals surface area contributed by atoms with Gasteiger partial charge in [-0.15, -0.1) is 26.3 Å². The summed E-state index contributed by atoms with van der Waals surface area (Å²) in [7, 11) is 0. The van der Waals surface area contributed by atoms with Gasteiger partial charge < -0.3 is 14.8 Å². The molecule has 0 bridgehead atoms. The van der Waals surface area contributed by atoms with E-state index in [1.807, 2.05) is 12.2 Å². The summed E-state index contributed by atoms with van der Waals surface area (Å²) in [5.41, 5.74) is 0. The number of ether oxygens (including phenoxy) is 2. The summed E-state index contributed by atoms with van der Waals surface area (Å²) < 4.78 is 10.6. The van der Waals surface area contributed by atoms with Crippen LogP contribution in [0.25, 0.3) is 0 Å². The second-order valence-electron chi connectivity index (χ2n) is 6.34. The number of rotatable bonds is 19. The van der Waals surface area contributed by atoms with Crippen LogP contribution in [0.1, 0.15) is 51.4 Å². The van der Waals surface area contributed by atoms with E-state index in [1.165, 1.54) is 25.7 Å². The standard InChI is InChI=1S/C22H37NO3/c1-5-14-20(15-6-2)16-12-10-9-11-13-17-23-21(24)22(25-18-7-3)26-19-8-4/h5-8,20,22H,1-4,9-19H2,(H,23,24). The minimum atomic E-state index is -0.905. The smallest absolute Gasteiger partial charge is 0.277 e. The largest absolute Gasteiger partial charge is 0.352 e. The van der Waals surface area contributed by atoms with Crippen molar-refractivity contribution in [1.29, 1.82) is 0 Å². The third-order valence-electron chi connectivity index (χ3n) is 4.03. The zero-order valence-corrected chi connectivity index (χ0v) is 16.3. The second kappa shape index (κ2) is 18.2. The maximum absolute atomic E-state index is 12.0. The van der Waals surface area contributed by atoms with E-state index in [4.69, 9.17) is 9.47 Å². The highest BCUT2D eigenvalue weighted by Gasteiger charge is 2.18. The van der Waals surface area contributed by atoms with E-state index in [1.54, 1.807) is 12.2 Å². The predicted octanol–water partition coefficient (Wildman–Crippen LogP) is 4.94. The van der Waals surface area contributed by atoms with Gasteiger partial charge in [0.1, 0.15) is 0 Å². The Morgan fingerprint density at radius 1 is 0.808 bits per heavy atom. The number of amides is 1. The first-order valence-corrected chi connectivity index (χ1v) is 9.64. The van der Waals surface area contributed by atoms with Crippen molar-refractivity contribution in [2.24, 2.45) is 5.92 Å². The molecule has 0 fully saturated rings. The Labute approximate surface area is 160 Å². The van der Waals surface area contributed by atoms with Crippen molar-refractivity contribution < 1.29 is 14.3 Å². The first-order valence-electron chi connectivity index (χ1n) is 9.64. The lowest BCUT2D eigenvalue weighted by Crippen LogP contribution is -2.39. The Balaban J connectivity index is 3.77. The van der Waals surface area contributed by atoms with Gasteiger partial charge in [0.15, 0.2) is 0 Å². The second-order valence-corrected chi connectivity index (χ2v) is 6.34. The van der Waals surface area contributed by atoms with E-state index in [9.17, 15) is 4.79 Å². The third-order valence-corrected chi connectivity index (χ3v) is 4.03. The van der Waals surface area contributed by atoms with Crippen LogP contribution in [0, 0.1) is 5.92 Å². The molecule has 0 rings (SSSR count). The maximum Gasteiger partial charge on any atom is 0.277 e. The topological polar surface area (TPSA) is 47.6 Å². The molecule has 0 heterocycles. The Kier molecular flexibility index (Phi) is 17.0. The monoisotopic (exact) mass is 363 g/mol. The fraction of sp³-hybridized carbons (Fsp3) is 0.591. The van der Waals surface area contributed by atoms with Crippen molar-refractivity contribution in [3.8, 4) is 0 Å². The molecule has 1 N–H and O–H groups in total. The van der Waals surface area contributed by atoms with Crippen molar-refractivity contribution in [1.82, 2.24) is 5.32 Å². The molecule has 0 radical (unpaired) electrons. The highest BCUT2D eigenvalue weighted by molar-refractivity contribution is 5.79. The molecule has 0 aromatic carbocycles. The van der Waals surface area contributed by atoms with Crippen LogP contribution < -0.4 is 5.32 Å². The van der Waals surface area contributed by atoms with Crippen LogP contribution in [0.3, 0.4) is 0 Å². The molecule has 0 spiro atoms. The van der Waals surface area contributed by atoms with E-state index in [-0.39, 0.29) is 19.1 Å². The molecule has 0 unspecified atom stereocenters. The molecule has 0 saturated carbocycles. The molecule has 26 heavy (non-hydrogen) atoms. The molecule has 0 aliphatic carbocycles. The van der Waals surface area contributed by atoms with Crippen LogP contribution in [-0.2, 0) is 14.3 Å². The van der Waals surface area contributed by atoms with E-state index in [2.05, 4.69) is 31.6 Å². The lowest BCUT2D eigenvalue weighted by molar-refractivity contribution is -0.166. The molecule has 4 nitrogen and oxygen atoms in total. The van der Waals surface area contributed by atoms with Crippen LogP contribution in [0.2, 0.25) is 0 Å². The number of allylic oxidation sites excluding steroid dienone is 2. The Morgan fingerprint density at radius 2 is 1.35 bits per heavy atom. The zero-order valence-electron chi connectivity index (χ0n) is 16.3. The first kappa shape index (κ1) is 24.4. The molecule has 0 aromatic rings. The van der Waals surface area contributed by atoms with Gasteiger partial charge in [0.25, 0.3) is 5.91 Å². The van der Waals surface area contributed by atoms with Crippen molar-refractivity contribution >= 4 is 5.91 Å². The number of nitrogens with one attached hydrogen (secondary N) is 1. The average Bonchev–Trinajstić information content (AvgIpc) is 2.64. The van der Waals surface area contributed by atoms with Gasteiger partial charge in [0.2, 0.25) is 6.29 Å². The molecule has 4 heteroatoms. The molecule has 0 saturated heterocycles. The lowest BCUT2D eigenvalue weighted by atomic mass is 9.94. The normalized spacial score (nSPS) is 10.7. The van der Waals surface area contributed by atoms with Crippen LogP contribution in [-0.4, -0.2) is 32.0 Å². The summed E-state index contributed by atoms with van der Waals surface area (Å²) in [5, 5.41) is 2.86. The first-order chi connectivity index (χ1) is 12.7. The minimum absolute atomic E-state index is 0.245. The molecule has 148 valence electrons. The van der Waals surface area contributed by atoms with Crippen LogP contribution in [0.5, 0.6) is 0 Å². The SMILES string of the molecule is C=CCOC(OCC=C)C(=O)NCCCCCCCC(CC=C)CC=C. The van der Waals surface area contributed by atoms with Crippen LogP contribution >= 0.6 is 0 Å². The maximum atomic E-state index is 12.0. The van der Waals surface area contributed by atoms with E-state index >= 15 is 0 Å². The van der Waals surface area contributed by atoms with Gasteiger partial charge in [-0.05, 0) is 31.6 Å². The Morgan fingerprint density at radius 3 is 1.88 bits per heavy atom. The molecular weight excluding hydrogens is 326 g/mol.